The third kappa shape index (κ3) is 3.67. The molecule has 1 fully saturated rings. The SMILES string of the molecule is Cc1noc(C)c1CC(=O)N1CCC[C@@H]1c1nncn1Cc1ccc(Cl)cc1. The standard InChI is InChI=1S/C20H22ClN5O2/c1-13-17(14(2)28-24-13)10-19(27)26-9-3-4-18(26)20-23-22-12-25(20)11-15-5-7-16(21)8-6-15/h5-8,12,18H,3-4,9-11H2,1-2H3/t18-/m1/s1. The molecule has 0 bridgehead atoms. The minimum atomic E-state index is -0.0669. The van der Waals surface area contributed by atoms with Gasteiger partial charge in [-0.15, -0.1) is 10.2 Å². The summed E-state index contributed by atoms with van der Waals surface area (Å²) in [6, 6.07) is 7.65. The number of aromatic nitrogens is 4. The van der Waals surface area contributed by atoms with Crippen LogP contribution in [0, 0.1) is 13.8 Å². The number of hydrogen-bond donors (Lipinski definition) is 0. The van der Waals surface area contributed by atoms with Crippen molar-refractivity contribution in [3.8, 4) is 0 Å². The fraction of sp³-hybridized carbons (Fsp3) is 0.400. The first kappa shape index (κ1) is 18.7. The zero-order valence-electron chi connectivity index (χ0n) is 15.9. The number of halogens is 1. The molecular weight excluding hydrogens is 378 g/mol. The Morgan fingerprint density at radius 3 is 2.79 bits per heavy atom. The number of nitrogens with zero attached hydrogens (tertiary/aromatic N) is 5. The fourth-order valence-corrected chi connectivity index (χ4v) is 3.90. The summed E-state index contributed by atoms with van der Waals surface area (Å²) in [7, 11) is 0. The van der Waals surface area contributed by atoms with Crippen molar-refractivity contribution in [2.45, 2.75) is 45.7 Å². The number of rotatable bonds is 5. The van der Waals surface area contributed by atoms with Crippen LogP contribution in [0.4, 0.5) is 0 Å². The largest absolute Gasteiger partial charge is 0.361 e. The molecule has 1 saturated heterocycles. The van der Waals surface area contributed by atoms with E-state index in [0.717, 1.165) is 42.0 Å². The topological polar surface area (TPSA) is 77.1 Å². The summed E-state index contributed by atoms with van der Waals surface area (Å²) in [6.45, 7) is 5.07. The number of carbonyl (C=O) groups excluding carboxylic acids is 1. The van der Waals surface area contributed by atoms with Crippen LogP contribution in [-0.4, -0.2) is 37.3 Å². The number of carbonyl (C=O) groups is 1. The van der Waals surface area contributed by atoms with Crippen LogP contribution in [0.25, 0.3) is 0 Å². The van der Waals surface area contributed by atoms with Gasteiger partial charge < -0.3 is 14.0 Å². The van der Waals surface area contributed by atoms with Crippen LogP contribution in [-0.2, 0) is 17.8 Å². The van der Waals surface area contributed by atoms with Gasteiger partial charge in [0.05, 0.1) is 24.7 Å². The quantitative estimate of drug-likeness (QED) is 0.656. The summed E-state index contributed by atoms with van der Waals surface area (Å²) < 4.78 is 7.20. The summed E-state index contributed by atoms with van der Waals surface area (Å²) in [4.78, 5) is 14.9. The van der Waals surface area contributed by atoms with Gasteiger partial charge in [-0.2, -0.15) is 0 Å². The van der Waals surface area contributed by atoms with Gasteiger partial charge in [-0.05, 0) is 44.4 Å². The van der Waals surface area contributed by atoms with Crippen molar-refractivity contribution < 1.29 is 9.32 Å². The van der Waals surface area contributed by atoms with Crippen molar-refractivity contribution >= 4 is 17.5 Å². The third-order valence-corrected chi connectivity index (χ3v) is 5.54. The van der Waals surface area contributed by atoms with Crippen LogP contribution in [0.2, 0.25) is 5.02 Å². The Bertz CT molecular complexity index is 959. The summed E-state index contributed by atoms with van der Waals surface area (Å²) in [6.07, 6.45) is 3.85. The smallest absolute Gasteiger partial charge is 0.227 e. The molecule has 1 amide bonds. The number of benzene rings is 1. The highest BCUT2D eigenvalue weighted by Crippen LogP contribution is 2.32. The molecule has 3 aromatic rings. The number of likely N-dealkylation sites (tertiary alicyclic amines) is 1. The molecule has 0 radical (unpaired) electrons. The first-order valence-electron chi connectivity index (χ1n) is 9.36. The zero-order chi connectivity index (χ0) is 19.7. The summed E-state index contributed by atoms with van der Waals surface area (Å²) in [5.74, 6) is 1.59. The van der Waals surface area contributed by atoms with Gasteiger partial charge in [0.1, 0.15) is 12.1 Å². The molecular formula is C20H22ClN5O2. The van der Waals surface area contributed by atoms with Crippen molar-refractivity contribution in [3.05, 3.63) is 64.0 Å². The molecule has 1 aliphatic heterocycles. The maximum atomic E-state index is 13.0. The second kappa shape index (κ2) is 7.75. The third-order valence-electron chi connectivity index (χ3n) is 5.29. The molecule has 2 aromatic heterocycles. The van der Waals surface area contributed by atoms with Crippen molar-refractivity contribution in [1.29, 1.82) is 0 Å². The Kier molecular flexibility index (Phi) is 5.17. The molecule has 1 aliphatic rings. The van der Waals surface area contributed by atoms with E-state index in [4.69, 9.17) is 16.1 Å². The van der Waals surface area contributed by atoms with E-state index in [1.165, 1.54) is 0 Å². The summed E-state index contributed by atoms with van der Waals surface area (Å²) in [5, 5.41) is 13.1. The highest BCUT2D eigenvalue weighted by Gasteiger charge is 2.33. The van der Waals surface area contributed by atoms with E-state index in [1.807, 2.05) is 47.6 Å². The second-order valence-electron chi connectivity index (χ2n) is 7.17. The molecule has 146 valence electrons. The summed E-state index contributed by atoms with van der Waals surface area (Å²) in [5.41, 5.74) is 2.75. The molecule has 28 heavy (non-hydrogen) atoms. The lowest BCUT2D eigenvalue weighted by atomic mass is 10.1. The highest BCUT2D eigenvalue weighted by molar-refractivity contribution is 6.30. The summed E-state index contributed by atoms with van der Waals surface area (Å²) >= 11 is 5.98. The van der Waals surface area contributed by atoms with Gasteiger partial charge in [-0.25, -0.2) is 0 Å². The molecule has 0 N–H and O–H groups in total. The van der Waals surface area contributed by atoms with E-state index < -0.39 is 0 Å². The van der Waals surface area contributed by atoms with Crippen LogP contribution in [0.3, 0.4) is 0 Å². The van der Waals surface area contributed by atoms with Crippen molar-refractivity contribution in [1.82, 2.24) is 24.8 Å². The van der Waals surface area contributed by atoms with E-state index in [-0.39, 0.29) is 11.9 Å². The Balaban J connectivity index is 1.53. The van der Waals surface area contributed by atoms with Gasteiger partial charge >= 0.3 is 0 Å². The minimum absolute atomic E-state index is 0.0669. The molecule has 7 nitrogen and oxygen atoms in total. The van der Waals surface area contributed by atoms with Crippen LogP contribution in [0.15, 0.2) is 35.1 Å². The van der Waals surface area contributed by atoms with Crippen LogP contribution >= 0.6 is 11.6 Å². The average molecular weight is 400 g/mol. The average Bonchev–Trinajstić information content (AvgIpc) is 3.40. The van der Waals surface area contributed by atoms with Gasteiger partial charge in [-0.3, -0.25) is 4.79 Å². The second-order valence-corrected chi connectivity index (χ2v) is 7.60. The Morgan fingerprint density at radius 2 is 2.07 bits per heavy atom. The lowest BCUT2D eigenvalue weighted by Crippen LogP contribution is -2.33. The lowest BCUT2D eigenvalue weighted by Gasteiger charge is -2.24. The minimum Gasteiger partial charge on any atom is -0.361 e. The fourth-order valence-electron chi connectivity index (χ4n) is 3.77. The zero-order valence-corrected chi connectivity index (χ0v) is 16.7. The first-order valence-corrected chi connectivity index (χ1v) is 9.74. The molecule has 8 heteroatoms. The molecule has 4 rings (SSSR count). The molecule has 1 aromatic carbocycles. The maximum Gasteiger partial charge on any atom is 0.227 e. The highest BCUT2D eigenvalue weighted by atomic mass is 35.5. The number of aryl methyl sites for hydroxylation is 2. The predicted octanol–water partition coefficient (Wildman–Crippen LogP) is 3.49. The maximum absolute atomic E-state index is 13.0. The van der Waals surface area contributed by atoms with Gasteiger partial charge in [0.25, 0.3) is 0 Å². The predicted molar refractivity (Wildman–Crippen MR) is 104 cm³/mol. The molecule has 1 atom stereocenters. The monoisotopic (exact) mass is 399 g/mol. The molecule has 0 aliphatic carbocycles. The molecule has 0 spiro atoms. The van der Waals surface area contributed by atoms with Crippen molar-refractivity contribution in [3.63, 3.8) is 0 Å². The molecule has 0 unspecified atom stereocenters. The van der Waals surface area contributed by atoms with Gasteiger partial charge in [0.15, 0.2) is 5.82 Å². The van der Waals surface area contributed by atoms with Crippen LogP contribution in [0.1, 0.15) is 47.3 Å². The normalized spacial score (nSPS) is 16.7. The molecule has 3 heterocycles. The van der Waals surface area contributed by atoms with Gasteiger partial charge in [0.2, 0.25) is 5.91 Å². The lowest BCUT2D eigenvalue weighted by molar-refractivity contribution is -0.131. The number of hydrogen-bond acceptors (Lipinski definition) is 5. The Hall–Kier alpha value is -2.67. The van der Waals surface area contributed by atoms with Crippen LogP contribution < -0.4 is 0 Å². The molecule has 0 saturated carbocycles. The van der Waals surface area contributed by atoms with E-state index in [1.54, 1.807) is 6.33 Å². The Morgan fingerprint density at radius 1 is 1.29 bits per heavy atom. The first-order chi connectivity index (χ1) is 13.5. The van der Waals surface area contributed by atoms with Crippen LogP contribution in [0.5, 0.6) is 0 Å². The van der Waals surface area contributed by atoms with Gasteiger partial charge in [-0.1, -0.05) is 28.9 Å². The van der Waals surface area contributed by atoms with E-state index >= 15 is 0 Å². The van der Waals surface area contributed by atoms with Crippen molar-refractivity contribution in [2.24, 2.45) is 0 Å². The van der Waals surface area contributed by atoms with E-state index in [2.05, 4.69) is 15.4 Å². The van der Waals surface area contributed by atoms with Gasteiger partial charge in [0, 0.05) is 17.1 Å². The van der Waals surface area contributed by atoms with E-state index in [9.17, 15) is 4.79 Å². The van der Waals surface area contributed by atoms with Crippen molar-refractivity contribution in [2.75, 3.05) is 6.54 Å². The number of amides is 1. The Labute approximate surface area is 168 Å². The van der Waals surface area contributed by atoms with E-state index in [0.29, 0.717) is 23.7 Å².